The Balaban J connectivity index is 1.50. The third-order valence-corrected chi connectivity index (χ3v) is 7.06. The fourth-order valence-electron chi connectivity index (χ4n) is 5.57. The predicted molar refractivity (Wildman–Crippen MR) is 124 cm³/mol. The second kappa shape index (κ2) is 9.04. The number of nitrogens with one attached hydrogen (secondary N) is 1. The summed E-state index contributed by atoms with van der Waals surface area (Å²) in [6.07, 6.45) is 7.97. The molecule has 0 saturated heterocycles. The highest BCUT2D eigenvalue weighted by molar-refractivity contribution is 5.93. The lowest BCUT2D eigenvalue weighted by molar-refractivity contribution is 0.00229. The minimum Gasteiger partial charge on any atom is -0.457 e. The Morgan fingerprint density at radius 3 is 2.55 bits per heavy atom. The summed E-state index contributed by atoms with van der Waals surface area (Å²) in [4.78, 5) is 11.7. The summed E-state index contributed by atoms with van der Waals surface area (Å²) in [6.45, 7) is 5.30. The normalized spacial score (nSPS) is 20.4. The van der Waals surface area contributed by atoms with E-state index in [0.717, 1.165) is 17.7 Å². The largest absolute Gasteiger partial charge is 0.457 e. The van der Waals surface area contributed by atoms with Gasteiger partial charge >= 0.3 is 5.97 Å². The zero-order valence-electron chi connectivity index (χ0n) is 18.8. The number of anilines is 1. The number of hydrogen-bond acceptors (Lipinski definition) is 4. The van der Waals surface area contributed by atoms with E-state index in [9.17, 15) is 9.90 Å². The van der Waals surface area contributed by atoms with Crippen molar-refractivity contribution in [3.63, 3.8) is 0 Å². The van der Waals surface area contributed by atoms with Crippen molar-refractivity contribution in [2.45, 2.75) is 76.4 Å². The molecule has 4 nitrogen and oxygen atoms in total. The van der Waals surface area contributed by atoms with Gasteiger partial charge in [-0.3, -0.25) is 0 Å². The second-order valence-corrected chi connectivity index (χ2v) is 10.1. The number of aliphatic hydroxyl groups is 1. The van der Waals surface area contributed by atoms with Crippen LogP contribution in [0.3, 0.4) is 0 Å². The maximum Gasteiger partial charge on any atom is 0.338 e. The number of benzene rings is 2. The number of rotatable bonds is 8. The molecule has 1 aliphatic carbocycles. The number of ether oxygens (including phenoxy) is 1. The molecular weight excluding hydrogens is 386 g/mol. The number of cyclic esters (lactones) is 1. The third-order valence-electron chi connectivity index (χ3n) is 7.06. The van der Waals surface area contributed by atoms with Gasteiger partial charge in [-0.1, -0.05) is 69.4 Å². The van der Waals surface area contributed by atoms with E-state index in [1.807, 2.05) is 31.2 Å². The number of esters is 1. The SMILES string of the molecule is CC(O)(CC1CCCCC1)CC(C)(CNc1ccc2c(c1)COC2=O)c1ccccc1. The van der Waals surface area contributed by atoms with Crippen molar-refractivity contribution in [1.82, 2.24) is 0 Å². The predicted octanol–water partition coefficient (Wildman–Crippen LogP) is 5.84. The molecule has 2 unspecified atom stereocenters. The van der Waals surface area contributed by atoms with Gasteiger partial charge in [0.2, 0.25) is 0 Å². The zero-order valence-corrected chi connectivity index (χ0v) is 18.8. The van der Waals surface area contributed by atoms with E-state index in [1.54, 1.807) is 0 Å². The lowest BCUT2D eigenvalue weighted by atomic mass is 9.70. The van der Waals surface area contributed by atoms with Crippen LogP contribution in [0.25, 0.3) is 0 Å². The first-order chi connectivity index (χ1) is 14.8. The molecule has 0 spiro atoms. The average molecular weight is 422 g/mol. The molecule has 2 N–H and O–H groups in total. The van der Waals surface area contributed by atoms with Crippen molar-refractivity contribution in [1.29, 1.82) is 0 Å². The van der Waals surface area contributed by atoms with Crippen LogP contribution in [0.4, 0.5) is 5.69 Å². The van der Waals surface area contributed by atoms with Crippen LogP contribution < -0.4 is 5.32 Å². The maximum atomic E-state index is 11.7. The molecule has 4 heteroatoms. The van der Waals surface area contributed by atoms with Crippen molar-refractivity contribution < 1.29 is 14.6 Å². The molecule has 31 heavy (non-hydrogen) atoms. The molecule has 2 aromatic rings. The smallest absolute Gasteiger partial charge is 0.338 e. The molecule has 4 rings (SSSR count). The van der Waals surface area contributed by atoms with E-state index < -0.39 is 5.60 Å². The lowest BCUT2D eigenvalue weighted by Crippen LogP contribution is -2.41. The minimum atomic E-state index is -0.716. The molecule has 0 radical (unpaired) electrons. The van der Waals surface area contributed by atoms with E-state index in [0.29, 0.717) is 31.1 Å². The monoisotopic (exact) mass is 421 g/mol. The molecule has 1 saturated carbocycles. The minimum absolute atomic E-state index is 0.231. The molecule has 1 heterocycles. The maximum absolute atomic E-state index is 11.7. The fourth-order valence-corrected chi connectivity index (χ4v) is 5.57. The van der Waals surface area contributed by atoms with Gasteiger partial charge in [0.25, 0.3) is 0 Å². The molecule has 166 valence electrons. The summed E-state index contributed by atoms with van der Waals surface area (Å²) in [5, 5.41) is 15.0. The van der Waals surface area contributed by atoms with Crippen molar-refractivity contribution in [2.75, 3.05) is 11.9 Å². The van der Waals surface area contributed by atoms with Crippen LogP contribution in [-0.2, 0) is 16.8 Å². The van der Waals surface area contributed by atoms with Gasteiger partial charge in [0, 0.05) is 23.2 Å². The Kier molecular flexibility index (Phi) is 6.38. The molecule has 2 aromatic carbocycles. The van der Waals surface area contributed by atoms with Gasteiger partial charge in [-0.25, -0.2) is 4.79 Å². The first-order valence-electron chi connectivity index (χ1n) is 11.7. The van der Waals surface area contributed by atoms with Crippen molar-refractivity contribution >= 4 is 11.7 Å². The van der Waals surface area contributed by atoms with E-state index in [2.05, 4.69) is 36.5 Å². The van der Waals surface area contributed by atoms with Crippen LogP contribution in [-0.4, -0.2) is 23.2 Å². The highest BCUT2D eigenvalue weighted by atomic mass is 16.5. The second-order valence-electron chi connectivity index (χ2n) is 10.1. The number of carbonyl (C=O) groups is 1. The molecule has 0 aromatic heterocycles. The molecule has 1 fully saturated rings. The van der Waals surface area contributed by atoms with Gasteiger partial charge in [-0.15, -0.1) is 0 Å². The molecular formula is C27H35NO3. The van der Waals surface area contributed by atoms with Crippen LogP contribution >= 0.6 is 0 Å². The van der Waals surface area contributed by atoms with Gasteiger partial charge in [0.15, 0.2) is 0 Å². The Bertz CT molecular complexity index is 902. The van der Waals surface area contributed by atoms with E-state index >= 15 is 0 Å². The fraction of sp³-hybridized carbons (Fsp3) is 0.519. The van der Waals surface area contributed by atoms with Gasteiger partial charge in [0.05, 0.1) is 11.2 Å². The van der Waals surface area contributed by atoms with Gasteiger partial charge in [-0.05, 0) is 49.4 Å². The van der Waals surface area contributed by atoms with Crippen LogP contribution in [0.1, 0.15) is 80.3 Å². The highest BCUT2D eigenvalue weighted by Crippen LogP contribution is 2.39. The summed E-state index contributed by atoms with van der Waals surface area (Å²) in [7, 11) is 0. The summed E-state index contributed by atoms with van der Waals surface area (Å²) < 4.78 is 5.13. The number of fused-ring (bicyclic) bond motifs is 1. The Morgan fingerprint density at radius 1 is 1.06 bits per heavy atom. The average Bonchev–Trinajstić information content (AvgIpc) is 3.13. The highest BCUT2D eigenvalue weighted by Gasteiger charge is 2.37. The van der Waals surface area contributed by atoms with Crippen LogP contribution in [0.2, 0.25) is 0 Å². The van der Waals surface area contributed by atoms with Gasteiger partial charge < -0.3 is 15.2 Å². The summed E-state index contributed by atoms with van der Waals surface area (Å²) in [5.74, 6) is 0.389. The van der Waals surface area contributed by atoms with Crippen molar-refractivity contribution in [3.8, 4) is 0 Å². The zero-order chi connectivity index (χ0) is 21.9. The topological polar surface area (TPSA) is 58.6 Å². The first kappa shape index (κ1) is 21.9. The summed E-state index contributed by atoms with van der Waals surface area (Å²) in [6, 6.07) is 16.3. The van der Waals surface area contributed by atoms with Crippen LogP contribution in [0, 0.1) is 5.92 Å². The molecule has 1 aliphatic heterocycles. The first-order valence-corrected chi connectivity index (χ1v) is 11.7. The summed E-state index contributed by atoms with van der Waals surface area (Å²) in [5.41, 5.74) is 2.85. The van der Waals surface area contributed by atoms with Crippen LogP contribution in [0.5, 0.6) is 0 Å². The van der Waals surface area contributed by atoms with Gasteiger partial charge in [-0.2, -0.15) is 0 Å². The molecule has 0 amide bonds. The standard InChI is InChI=1S/C27H35NO3/c1-26(22-11-7-4-8-12-22,18-27(2,30)16-20-9-5-3-6-10-20)19-28-23-13-14-24-21(15-23)17-31-25(24)29/h4,7-8,11-15,20,28,30H,3,5-6,9-10,16-19H2,1-2H3. The van der Waals surface area contributed by atoms with E-state index in [1.165, 1.54) is 37.7 Å². The van der Waals surface area contributed by atoms with E-state index in [-0.39, 0.29) is 11.4 Å². The van der Waals surface area contributed by atoms with Crippen molar-refractivity contribution in [3.05, 3.63) is 65.2 Å². The summed E-state index contributed by atoms with van der Waals surface area (Å²) >= 11 is 0. The van der Waals surface area contributed by atoms with Crippen molar-refractivity contribution in [2.24, 2.45) is 5.92 Å². The van der Waals surface area contributed by atoms with Crippen LogP contribution in [0.15, 0.2) is 48.5 Å². The van der Waals surface area contributed by atoms with E-state index in [4.69, 9.17) is 4.74 Å². The lowest BCUT2D eigenvalue weighted by Gasteiger charge is -2.39. The Hall–Kier alpha value is -2.33. The molecule has 0 bridgehead atoms. The number of hydrogen-bond donors (Lipinski definition) is 2. The third kappa shape index (κ3) is 5.30. The Labute approximate surface area is 186 Å². The number of carbonyl (C=O) groups excluding carboxylic acids is 1. The Morgan fingerprint density at radius 2 is 1.81 bits per heavy atom. The quantitative estimate of drug-likeness (QED) is 0.526. The molecule has 2 atom stereocenters. The van der Waals surface area contributed by atoms with Gasteiger partial charge in [0.1, 0.15) is 6.61 Å². The molecule has 2 aliphatic rings.